The van der Waals surface area contributed by atoms with Crippen molar-refractivity contribution in [3.8, 4) is 0 Å². The van der Waals surface area contributed by atoms with Crippen LogP contribution in [0.2, 0.25) is 10.0 Å². The van der Waals surface area contributed by atoms with Crippen molar-refractivity contribution in [2.45, 2.75) is 232 Å². The predicted octanol–water partition coefficient (Wildman–Crippen LogP) is 22.9. The molecule has 0 unspecified atom stereocenters. The van der Waals surface area contributed by atoms with Gasteiger partial charge in [0, 0.05) is 32.9 Å². The number of H-pyrrole nitrogens is 5. The van der Waals surface area contributed by atoms with Crippen LogP contribution < -0.4 is 15.5 Å². The third kappa shape index (κ3) is 20.7. The zero-order valence-corrected chi connectivity index (χ0v) is 65.3. The summed E-state index contributed by atoms with van der Waals surface area (Å²) < 4.78 is 14.6. The van der Waals surface area contributed by atoms with Crippen molar-refractivity contribution in [1.82, 2.24) is 45.8 Å². The number of carbonyl (C=O) groups excluding carboxylic acids is 2. The first-order valence-corrected chi connectivity index (χ1v) is 35.6. The molecule has 2 aliphatic rings. The minimum absolute atomic E-state index is 0. The summed E-state index contributed by atoms with van der Waals surface area (Å²) in [6, 6.07) is 33.1. The number of benzene rings is 7. The molecule has 102 heavy (non-hydrogen) atoms. The molecule has 7 aromatic carbocycles. The van der Waals surface area contributed by atoms with Gasteiger partial charge in [0.2, 0.25) is 11.8 Å². The van der Waals surface area contributed by atoms with Crippen LogP contribution in [0.3, 0.4) is 0 Å². The Morgan fingerprint density at radius 3 is 1.35 bits per heavy atom. The normalized spacial score (nSPS) is 12.9. The summed E-state index contributed by atoms with van der Waals surface area (Å²) in [5.74, 6) is -0.0953. The van der Waals surface area contributed by atoms with Gasteiger partial charge in [-0.15, -0.1) is 0 Å². The molecule has 14 rings (SSSR count). The standard InChI is InChI=1S/C13H17NO.C12H14ClNO.2C12H16N2.C11H13ClN2.C11H13FN2.C11H13NOS.2CH4/c1-8-5-10(13(2,3)4)6-9-7-11(15)14-12(8)9;1-12(2,3)8-4-7-5-10(15)14-11(7)9(13)6-8;1-8-5-10(12(2,3)4)6-9-7-13-14-11(8)9;1-8-10-7-9(12(2,3)4)5-6-11(10)14-13-8;2*1-11(2,3)8-4-7-6-13-14-10(7)9(12)5-8;1-11(2,3)7-4-5-8-9(6-7)14-10(13)12-8;;/h5-6H,7H2,1-4H3,(H,14,15);4,6H,5H2,1-3H3,(H,14,15);2*5-7H,1-4H3,(H,13,14);2*4-6H,1-3H3,(H,13,14);4-6H,1-3H3,(H,12,13);2*1H4. The van der Waals surface area contributed by atoms with Gasteiger partial charge in [-0.2, -0.15) is 20.4 Å². The van der Waals surface area contributed by atoms with Gasteiger partial charge in [-0.3, -0.25) is 34.8 Å². The maximum atomic E-state index is 13.5. The molecule has 5 aromatic heterocycles. The quantitative estimate of drug-likeness (QED) is 0.0781. The Morgan fingerprint density at radius 1 is 0.422 bits per heavy atom. The smallest absolute Gasteiger partial charge is 0.305 e. The predicted molar refractivity (Wildman–Crippen MR) is 433 cm³/mol. The summed E-state index contributed by atoms with van der Waals surface area (Å²) in [5, 5.41) is 39.0. The summed E-state index contributed by atoms with van der Waals surface area (Å²) in [6.07, 6.45) is 6.31. The van der Waals surface area contributed by atoms with Crippen LogP contribution in [-0.2, 0) is 60.3 Å². The van der Waals surface area contributed by atoms with Crippen LogP contribution >= 0.6 is 34.5 Å². The lowest BCUT2D eigenvalue weighted by Gasteiger charge is -2.21. The Balaban J connectivity index is 0.000000186. The first-order valence-electron chi connectivity index (χ1n) is 34.0. The second-order valence-corrected chi connectivity index (χ2v) is 35.4. The number of halogens is 3. The van der Waals surface area contributed by atoms with Crippen LogP contribution in [0.25, 0.3) is 53.8 Å². The number of anilines is 2. The van der Waals surface area contributed by atoms with Crippen molar-refractivity contribution in [1.29, 1.82) is 0 Å². The molecule has 0 saturated heterocycles. The average molecular weight is 1440 g/mol. The molecule has 0 saturated carbocycles. The van der Waals surface area contributed by atoms with E-state index in [0.29, 0.717) is 23.4 Å². The highest BCUT2D eigenvalue weighted by Gasteiger charge is 2.27. The highest BCUT2D eigenvalue weighted by atomic mass is 35.5. The Morgan fingerprint density at radius 2 is 0.824 bits per heavy atom. The second kappa shape index (κ2) is 31.7. The van der Waals surface area contributed by atoms with Gasteiger partial charge in [0.25, 0.3) is 0 Å². The molecule has 12 aromatic rings. The van der Waals surface area contributed by atoms with Crippen LogP contribution in [0, 0.1) is 26.6 Å². The molecule has 0 bridgehead atoms. The number of aromatic nitrogens is 9. The van der Waals surface area contributed by atoms with E-state index in [9.17, 15) is 18.8 Å². The van der Waals surface area contributed by atoms with Gasteiger partial charge in [0.15, 0.2) is 0 Å². The Bertz CT molecular complexity index is 4700. The molecule has 0 radical (unpaired) electrons. The molecular formula is C84H110Cl2FN11O3S. The lowest BCUT2D eigenvalue weighted by molar-refractivity contribution is -0.115. The van der Waals surface area contributed by atoms with E-state index in [0.717, 1.165) is 76.3 Å². The van der Waals surface area contributed by atoms with E-state index in [1.54, 1.807) is 18.5 Å². The molecule has 2 aliphatic heterocycles. The van der Waals surface area contributed by atoms with E-state index in [2.05, 4.69) is 289 Å². The zero-order valence-electron chi connectivity index (χ0n) is 62.9. The number of nitrogens with one attached hydrogen (secondary N) is 7. The summed E-state index contributed by atoms with van der Waals surface area (Å²) in [6.45, 7) is 51.8. The number of hydrogen-bond acceptors (Lipinski definition) is 8. The highest BCUT2D eigenvalue weighted by Crippen LogP contribution is 2.38. The van der Waals surface area contributed by atoms with Crippen molar-refractivity contribution < 1.29 is 14.0 Å². The van der Waals surface area contributed by atoms with Crippen molar-refractivity contribution in [3.05, 3.63) is 208 Å². The highest BCUT2D eigenvalue weighted by molar-refractivity contribution is 7.16. The first kappa shape index (κ1) is 82.5. The molecule has 18 heteroatoms. The third-order valence-corrected chi connectivity index (χ3v) is 19.2. The zero-order chi connectivity index (χ0) is 74.2. The topological polar surface area (TPSA) is 206 Å². The molecule has 0 spiro atoms. The van der Waals surface area contributed by atoms with Crippen molar-refractivity contribution in [3.63, 3.8) is 0 Å². The maximum absolute atomic E-state index is 13.5. The minimum Gasteiger partial charge on any atom is -0.325 e. The van der Waals surface area contributed by atoms with E-state index in [1.807, 2.05) is 30.5 Å². The number of thiazole rings is 1. The lowest BCUT2D eigenvalue weighted by atomic mass is 9.84. The van der Waals surface area contributed by atoms with E-state index in [-0.39, 0.29) is 75.3 Å². The van der Waals surface area contributed by atoms with Gasteiger partial charge in [-0.05, 0) is 181 Å². The van der Waals surface area contributed by atoms with Gasteiger partial charge < -0.3 is 15.6 Å². The summed E-state index contributed by atoms with van der Waals surface area (Å²) in [5.41, 5.74) is 21.6. The fourth-order valence-electron chi connectivity index (χ4n) is 11.3. The number of aromatic amines is 5. The van der Waals surface area contributed by atoms with Crippen molar-refractivity contribution in [2.24, 2.45) is 0 Å². The van der Waals surface area contributed by atoms with Gasteiger partial charge >= 0.3 is 4.87 Å². The molecule has 7 heterocycles. The number of nitrogens with zero attached hydrogens (tertiary/aromatic N) is 4. The van der Waals surface area contributed by atoms with E-state index in [1.165, 1.54) is 66.6 Å². The molecule has 0 aliphatic carbocycles. The number of rotatable bonds is 0. The fourth-order valence-corrected chi connectivity index (χ4v) is 12.6. The number of hydrogen-bond donors (Lipinski definition) is 7. The summed E-state index contributed by atoms with van der Waals surface area (Å²) >= 11 is 13.5. The Hall–Kier alpha value is -8.44. The van der Waals surface area contributed by atoms with Crippen LogP contribution in [0.5, 0.6) is 0 Å². The second-order valence-electron chi connectivity index (χ2n) is 33.5. The summed E-state index contributed by atoms with van der Waals surface area (Å²) in [4.78, 5) is 36.5. The van der Waals surface area contributed by atoms with Crippen LogP contribution in [0.15, 0.2) is 120 Å². The fraction of sp³-hybridized carbons (Fsp3) is 0.417. The van der Waals surface area contributed by atoms with Crippen molar-refractivity contribution in [2.75, 3.05) is 10.6 Å². The van der Waals surface area contributed by atoms with E-state index >= 15 is 0 Å². The number of amides is 2. The minimum atomic E-state index is -0.232. The monoisotopic (exact) mass is 1440 g/mol. The largest absolute Gasteiger partial charge is 0.325 e. The number of carbonyl (C=O) groups is 2. The molecule has 7 N–H and O–H groups in total. The SMILES string of the molecule is C.C.CC(C)(C)c1cc(Cl)c2[nH]ncc2c1.CC(C)(C)c1cc(Cl)c2c(c1)CC(=O)N2.CC(C)(C)c1cc(F)c2[nH]ncc2c1.CC(C)(C)c1ccc2[nH]c(=O)sc2c1.Cc1[nH]nc2ccc(C(C)(C)C)cc12.Cc1cc(C(C)(C)C)cc2c1NC(=O)C2.Cc1cc(C(C)(C)C)cc2cn[nH]c12. The van der Waals surface area contributed by atoms with Gasteiger partial charge in [-0.1, -0.05) is 231 Å². The average Bonchev–Trinajstić information content (AvgIpc) is 1.58. The molecule has 0 fully saturated rings. The van der Waals surface area contributed by atoms with E-state index < -0.39 is 0 Å². The molecule has 14 nitrogen and oxygen atoms in total. The van der Waals surface area contributed by atoms with Crippen LogP contribution in [0.4, 0.5) is 15.8 Å². The van der Waals surface area contributed by atoms with Gasteiger partial charge in [0.1, 0.15) is 11.3 Å². The van der Waals surface area contributed by atoms with Crippen molar-refractivity contribution >= 4 is 112 Å². The first-order chi connectivity index (χ1) is 46.1. The Kier molecular flexibility index (Phi) is 25.6. The van der Waals surface area contributed by atoms with Gasteiger partial charge in [0.05, 0.1) is 73.9 Å². The molecule has 546 valence electrons. The number of fused-ring (bicyclic) bond motifs is 7. The Labute approximate surface area is 618 Å². The van der Waals surface area contributed by atoms with Crippen LogP contribution in [0.1, 0.15) is 227 Å². The molecular weight excluding hydrogens is 1330 g/mol. The molecule has 2 amide bonds. The number of aryl methyl sites for hydroxylation is 3. The van der Waals surface area contributed by atoms with Gasteiger partial charge in [-0.25, -0.2) is 4.39 Å². The molecule has 0 atom stereocenters. The van der Waals surface area contributed by atoms with E-state index in [4.69, 9.17) is 23.2 Å². The van der Waals surface area contributed by atoms with Crippen LogP contribution in [-0.4, -0.2) is 57.6 Å². The maximum Gasteiger partial charge on any atom is 0.305 e. The lowest BCUT2D eigenvalue weighted by Crippen LogP contribution is -2.11. The third-order valence-electron chi connectivity index (χ3n) is 17.8. The summed E-state index contributed by atoms with van der Waals surface area (Å²) in [7, 11) is 0.